The summed E-state index contributed by atoms with van der Waals surface area (Å²) in [7, 11) is 1.33. The molecule has 3 N–H and O–H groups in total. The van der Waals surface area contributed by atoms with E-state index in [4.69, 9.17) is 10.5 Å². The molecular formula is C24H23F3N4O3. The number of carbonyl (C=O) groups is 2. The fraction of sp³-hybridized carbons (Fsp3) is 0.292. The molecule has 4 rings (SSSR count). The number of nitrogens with one attached hydrogen (secondary N) is 1. The van der Waals surface area contributed by atoms with Crippen LogP contribution in [0.2, 0.25) is 0 Å². The maximum atomic E-state index is 15.0. The van der Waals surface area contributed by atoms with Crippen molar-refractivity contribution in [2.45, 2.75) is 38.3 Å². The number of nitrogens with two attached hydrogens (primary N) is 1. The van der Waals surface area contributed by atoms with Gasteiger partial charge in [-0.05, 0) is 43.2 Å². The van der Waals surface area contributed by atoms with Gasteiger partial charge in [-0.2, -0.15) is 5.10 Å². The predicted octanol–water partition coefficient (Wildman–Crippen LogP) is 4.42. The smallest absolute Gasteiger partial charge is 0.255 e. The Balaban J connectivity index is 1.60. The number of methoxy groups -OCH3 is 1. The zero-order chi connectivity index (χ0) is 24.4. The van der Waals surface area contributed by atoms with E-state index in [-0.39, 0.29) is 52.1 Å². The van der Waals surface area contributed by atoms with E-state index in [9.17, 15) is 18.4 Å². The van der Waals surface area contributed by atoms with Gasteiger partial charge in [-0.1, -0.05) is 12.8 Å². The molecule has 0 atom stereocenters. The van der Waals surface area contributed by atoms with Crippen molar-refractivity contribution in [3.05, 3.63) is 64.5 Å². The minimum Gasteiger partial charge on any atom is -0.496 e. The molecule has 1 amide bonds. The van der Waals surface area contributed by atoms with Gasteiger partial charge in [0.25, 0.3) is 5.91 Å². The Morgan fingerprint density at radius 1 is 1.21 bits per heavy atom. The zero-order valence-electron chi connectivity index (χ0n) is 18.4. The molecule has 34 heavy (non-hydrogen) atoms. The van der Waals surface area contributed by atoms with Crippen molar-refractivity contribution in [3.8, 4) is 17.0 Å². The van der Waals surface area contributed by atoms with Gasteiger partial charge in [0.2, 0.25) is 0 Å². The third kappa shape index (κ3) is 4.35. The van der Waals surface area contributed by atoms with Gasteiger partial charge in [-0.25, -0.2) is 17.9 Å². The number of hydrogen-bond donors (Lipinski definition) is 2. The molecule has 10 heteroatoms. The van der Waals surface area contributed by atoms with E-state index in [1.165, 1.54) is 17.9 Å². The van der Waals surface area contributed by atoms with Crippen LogP contribution in [0.3, 0.4) is 0 Å². The Kier molecular flexibility index (Phi) is 6.58. The molecule has 2 aromatic carbocycles. The number of nitrogen functional groups attached to an aromatic ring is 1. The van der Waals surface area contributed by atoms with Crippen LogP contribution in [0.5, 0.6) is 5.75 Å². The zero-order valence-corrected chi connectivity index (χ0v) is 18.4. The lowest BCUT2D eigenvalue weighted by Gasteiger charge is -2.12. The van der Waals surface area contributed by atoms with E-state index >= 15 is 4.39 Å². The second-order valence-corrected chi connectivity index (χ2v) is 8.10. The summed E-state index contributed by atoms with van der Waals surface area (Å²) < 4.78 is 50.0. The molecule has 1 aliphatic carbocycles. The van der Waals surface area contributed by atoms with Gasteiger partial charge >= 0.3 is 0 Å². The highest BCUT2D eigenvalue weighted by molar-refractivity contribution is 5.97. The summed E-state index contributed by atoms with van der Waals surface area (Å²) in [6.07, 6.45) is 4.17. The van der Waals surface area contributed by atoms with Crippen molar-refractivity contribution < 1.29 is 27.5 Å². The second kappa shape index (κ2) is 9.58. The Labute approximate surface area is 193 Å². The molecule has 0 unspecified atom stereocenters. The monoisotopic (exact) mass is 472 g/mol. The summed E-state index contributed by atoms with van der Waals surface area (Å²) in [5, 5.41) is 6.77. The number of amides is 1. The Hall–Kier alpha value is -3.82. The number of rotatable bonds is 7. The van der Waals surface area contributed by atoms with Crippen LogP contribution in [0.1, 0.15) is 58.0 Å². The molecular weight excluding hydrogens is 449 g/mol. The van der Waals surface area contributed by atoms with Crippen LogP contribution in [0, 0.1) is 17.5 Å². The van der Waals surface area contributed by atoms with E-state index in [1.54, 1.807) is 0 Å². The third-order valence-electron chi connectivity index (χ3n) is 6.01. The van der Waals surface area contributed by atoms with Gasteiger partial charge in [0.1, 0.15) is 34.7 Å². The summed E-state index contributed by atoms with van der Waals surface area (Å²) in [5.74, 6) is -2.74. The quantitative estimate of drug-likeness (QED) is 0.496. The number of anilines is 1. The highest BCUT2D eigenvalue weighted by atomic mass is 19.1. The minimum absolute atomic E-state index is 0.00412. The number of nitrogens with zero attached hydrogens (tertiary/aromatic N) is 2. The molecule has 1 heterocycles. The van der Waals surface area contributed by atoms with Crippen LogP contribution in [0.4, 0.5) is 19.0 Å². The molecule has 0 bridgehead atoms. The number of aldehydes is 1. The standard InChI is InChI=1S/C24H23F3N4O3/c1-34-21-7-6-14(25)9-17(21)24(33)29-11-13-8-20(27)16(10-19(13)26)22-18(12-32)23(28)31(30-22)15-4-2-3-5-15/h6-10,12,15H,2-5,11,28H2,1H3,(H,29,33). The van der Waals surface area contributed by atoms with Gasteiger partial charge < -0.3 is 15.8 Å². The number of halogens is 3. The van der Waals surface area contributed by atoms with Gasteiger partial charge in [-0.3, -0.25) is 9.59 Å². The first-order valence-corrected chi connectivity index (χ1v) is 10.8. The van der Waals surface area contributed by atoms with Crippen molar-refractivity contribution >= 4 is 18.0 Å². The topological polar surface area (TPSA) is 99.2 Å². The first-order chi connectivity index (χ1) is 16.3. The summed E-state index contributed by atoms with van der Waals surface area (Å²) in [6.45, 7) is -0.360. The molecule has 0 spiro atoms. The lowest BCUT2D eigenvalue weighted by Crippen LogP contribution is -2.24. The Bertz CT molecular complexity index is 1250. The number of ether oxygens (including phenoxy) is 1. The van der Waals surface area contributed by atoms with Crippen molar-refractivity contribution in [1.82, 2.24) is 15.1 Å². The summed E-state index contributed by atoms with van der Waals surface area (Å²) in [4.78, 5) is 24.1. The van der Waals surface area contributed by atoms with Crippen molar-refractivity contribution in [1.29, 1.82) is 0 Å². The van der Waals surface area contributed by atoms with Gasteiger partial charge in [0, 0.05) is 17.7 Å². The molecule has 3 aromatic rings. The Morgan fingerprint density at radius 3 is 2.62 bits per heavy atom. The molecule has 178 valence electrons. The maximum absolute atomic E-state index is 15.0. The van der Waals surface area contributed by atoms with Crippen LogP contribution < -0.4 is 15.8 Å². The lowest BCUT2D eigenvalue weighted by atomic mass is 10.0. The predicted molar refractivity (Wildman–Crippen MR) is 119 cm³/mol. The minimum atomic E-state index is -0.826. The van der Waals surface area contributed by atoms with Crippen LogP contribution >= 0.6 is 0 Å². The summed E-state index contributed by atoms with van der Waals surface area (Å²) in [6, 6.07) is 5.27. The normalized spacial score (nSPS) is 13.8. The van der Waals surface area contributed by atoms with E-state index in [0.29, 0.717) is 6.29 Å². The average Bonchev–Trinajstić information content (AvgIpc) is 3.46. The van der Waals surface area contributed by atoms with Crippen molar-refractivity contribution in [2.24, 2.45) is 0 Å². The highest BCUT2D eigenvalue weighted by Crippen LogP contribution is 2.36. The molecule has 1 fully saturated rings. The first kappa shape index (κ1) is 23.3. The second-order valence-electron chi connectivity index (χ2n) is 8.10. The fourth-order valence-corrected chi connectivity index (χ4v) is 4.24. The largest absolute Gasteiger partial charge is 0.496 e. The van der Waals surface area contributed by atoms with Gasteiger partial charge in [0.15, 0.2) is 6.29 Å². The summed E-state index contributed by atoms with van der Waals surface area (Å²) >= 11 is 0. The van der Waals surface area contributed by atoms with Crippen LogP contribution in [0.25, 0.3) is 11.3 Å². The molecule has 0 radical (unpaired) electrons. The van der Waals surface area contributed by atoms with Crippen LogP contribution in [0.15, 0.2) is 30.3 Å². The van der Waals surface area contributed by atoms with Crippen LogP contribution in [-0.4, -0.2) is 29.1 Å². The van der Waals surface area contributed by atoms with E-state index < -0.39 is 23.4 Å². The number of hydrogen-bond acceptors (Lipinski definition) is 5. The van der Waals surface area contributed by atoms with E-state index in [0.717, 1.165) is 49.9 Å². The Morgan fingerprint density at radius 2 is 1.94 bits per heavy atom. The van der Waals surface area contributed by atoms with E-state index in [1.807, 2.05) is 0 Å². The molecule has 0 saturated heterocycles. The number of carbonyl (C=O) groups excluding carboxylic acids is 2. The molecule has 7 nitrogen and oxygen atoms in total. The maximum Gasteiger partial charge on any atom is 0.255 e. The molecule has 1 aromatic heterocycles. The summed E-state index contributed by atoms with van der Waals surface area (Å²) in [5.41, 5.74) is 5.64. The number of aromatic nitrogens is 2. The molecule has 1 aliphatic rings. The fourth-order valence-electron chi connectivity index (χ4n) is 4.24. The third-order valence-corrected chi connectivity index (χ3v) is 6.01. The molecule has 1 saturated carbocycles. The van der Waals surface area contributed by atoms with Gasteiger partial charge in [0.05, 0.1) is 24.3 Å². The lowest BCUT2D eigenvalue weighted by molar-refractivity contribution is 0.0946. The number of benzene rings is 2. The molecule has 0 aliphatic heterocycles. The SMILES string of the molecule is COc1ccc(F)cc1C(=O)NCc1cc(F)c(-c2nn(C3CCCC3)c(N)c2C=O)cc1F. The highest BCUT2D eigenvalue weighted by Gasteiger charge is 2.26. The van der Waals surface area contributed by atoms with E-state index in [2.05, 4.69) is 10.4 Å². The van der Waals surface area contributed by atoms with Crippen molar-refractivity contribution in [2.75, 3.05) is 12.8 Å². The average molecular weight is 472 g/mol. The van der Waals surface area contributed by atoms with Gasteiger partial charge in [-0.15, -0.1) is 0 Å². The van der Waals surface area contributed by atoms with Crippen LogP contribution in [-0.2, 0) is 6.54 Å². The first-order valence-electron chi connectivity index (χ1n) is 10.8. The van der Waals surface area contributed by atoms with Crippen molar-refractivity contribution in [3.63, 3.8) is 0 Å².